The summed E-state index contributed by atoms with van der Waals surface area (Å²) in [6.07, 6.45) is -0.138. The Morgan fingerprint density at radius 1 is 1.36 bits per heavy atom. The molecule has 1 saturated heterocycles. The van der Waals surface area contributed by atoms with Crippen LogP contribution in [0.2, 0.25) is 0 Å². The van der Waals surface area contributed by atoms with Crippen molar-refractivity contribution >= 4 is 0 Å². The highest BCUT2D eigenvalue weighted by atomic mass is 16.3. The Hall–Kier alpha value is -0.860. The van der Waals surface area contributed by atoms with E-state index in [1.54, 1.807) is 0 Å². The van der Waals surface area contributed by atoms with Crippen LogP contribution in [-0.2, 0) is 0 Å². The molecule has 76 valence electrons. The number of aliphatic hydroxyl groups is 1. The molecule has 0 unspecified atom stereocenters. The summed E-state index contributed by atoms with van der Waals surface area (Å²) in [7, 11) is 0. The first-order chi connectivity index (χ1) is 6.70. The van der Waals surface area contributed by atoms with Gasteiger partial charge in [-0.25, -0.2) is 0 Å². The summed E-state index contributed by atoms with van der Waals surface area (Å²) in [6.45, 7) is 5.07. The van der Waals surface area contributed by atoms with Crippen molar-refractivity contribution in [3.05, 3.63) is 35.9 Å². The summed E-state index contributed by atoms with van der Waals surface area (Å²) < 4.78 is 0. The maximum Gasteiger partial charge on any atom is 0.0819 e. The normalized spacial score (nSPS) is 29.6. The van der Waals surface area contributed by atoms with Crippen molar-refractivity contribution in [2.24, 2.45) is 0 Å². The van der Waals surface area contributed by atoms with E-state index in [4.69, 9.17) is 0 Å². The van der Waals surface area contributed by atoms with Crippen LogP contribution in [0.5, 0.6) is 0 Å². The van der Waals surface area contributed by atoms with Gasteiger partial charge in [0.1, 0.15) is 0 Å². The molecule has 14 heavy (non-hydrogen) atoms. The SMILES string of the molecule is C[C@@H]1[C@@H](O)CN1[C@@H](C)c1ccccc1. The zero-order valence-electron chi connectivity index (χ0n) is 8.72. The van der Waals surface area contributed by atoms with Gasteiger partial charge in [-0.3, -0.25) is 4.90 Å². The molecule has 0 radical (unpaired) electrons. The molecule has 1 aromatic carbocycles. The number of rotatable bonds is 2. The predicted molar refractivity (Wildman–Crippen MR) is 57.0 cm³/mol. The van der Waals surface area contributed by atoms with Gasteiger partial charge < -0.3 is 5.11 Å². The molecule has 1 aliphatic heterocycles. The van der Waals surface area contributed by atoms with Crippen LogP contribution in [0.4, 0.5) is 0 Å². The predicted octanol–water partition coefficient (Wildman–Crippen LogP) is 1.81. The van der Waals surface area contributed by atoms with Gasteiger partial charge in [0.2, 0.25) is 0 Å². The van der Waals surface area contributed by atoms with Gasteiger partial charge in [0, 0.05) is 18.6 Å². The maximum absolute atomic E-state index is 9.44. The van der Waals surface area contributed by atoms with Crippen molar-refractivity contribution in [3.8, 4) is 0 Å². The quantitative estimate of drug-likeness (QED) is 0.770. The fourth-order valence-corrected chi connectivity index (χ4v) is 2.05. The molecule has 2 nitrogen and oxygen atoms in total. The first kappa shape index (κ1) is 9.69. The molecule has 1 N–H and O–H groups in total. The molecule has 3 atom stereocenters. The van der Waals surface area contributed by atoms with Crippen LogP contribution < -0.4 is 0 Å². The fraction of sp³-hybridized carbons (Fsp3) is 0.500. The molecular formula is C12H17NO. The Morgan fingerprint density at radius 3 is 2.50 bits per heavy atom. The zero-order valence-corrected chi connectivity index (χ0v) is 8.72. The fourth-order valence-electron chi connectivity index (χ4n) is 2.05. The first-order valence-corrected chi connectivity index (χ1v) is 5.19. The lowest BCUT2D eigenvalue weighted by atomic mass is 9.95. The van der Waals surface area contributed by atoms with Crippen LogP contribution in [-0.4, -0.2) is 28.7 Å². The van der Waals surface area contributed by atoms with Crippen molar-refractivity contribution in [1.82, 2.24) is 4.90 Å². The summed E-state index contributed by atoms with van der Waals surface area (Å²) >= 11 is 0. The lowest BCUT2D eigenvalue weighted by Crippen LogP contribution is -2.58. The number of hydrogen-bond acceptors (Lipinski definition) is 2. The van der Waals surface area contributed by atoms with Crippen molar-refractivity contribution in [2.45, 2.75) is 32.0 Å². The Kier molecular flexibility index (Phi) is 2.57. The molecule has 1 fully saturated rings. The molecule has 0 spiro atoms. The molecule has 0 aromatic heterocycles. The van der Waals surface area contributed by atoms with E-state index < -0.39 is 0 Å². The highest BCUT2D eigenvalue weighted by molar-refractivity contribution is 5.19. The topological polar surface area (TPSA) is 23.5 Å². The van der Waals surface area contributed by atoms with E-state index in [0.717, 1.165) is 6.54 Å². The van der Waals surface area contributed by atoms with Crippen LogP contribution in [0.25, 0.3) is 0 Å². The van der Waals surface area contributed by atoms with Gasteiger partial charge in [0.05, 0.1) is 6.10 Å². The first-order valence-electron chi connectivity index (χ1n) is 5.19. The van der Waals surface area contributed by atoms with E-state index in [1.807, 2.05) is 6.07 Å². The Balaban J connectivity index is 2.07. The summed E-state index contributed by atoms with van der Waals surface area (Å²) in [5.41, 5.74) is 1.33. The minimum Gasteiger partial charge on any atom is -0.390 e. The number of hydrogen-bond donors (Lipinski definition) is 1. The molecule has 1 aliphatic rings. The van der Waals surface area contributed by atoms with Crippen LogP contribution in [0.15, 0.2) is 30.3 Å². The molecule has 0 aliphatic carbocycles. The van der Waals surface area contributed by atoms with Crippen molar-refractivity contribution < 1.29 is 5.11 Å². The number of aliphatic hydroxyl groups excluding tert-OH is 1. The lowest BCUT2D eigenvalue weighted by molar-refractivity contribution is -0.0739. The van der Waals surface area contributed by atoms with Gasteiger partial charge in [-0.1, -0.05) is 30.3 Å². The van der Waals surface area contributed by atoms with E-state index in [-0.39, 0.29) is 6.10 Å². The number of benzene rings is 1. The molecule has 2 rings (SSSR count). The number of likely N-dealkylation sites (tertiary alicyclic amines) is 1. The van der Waals surface area contributed by atoms with E-state index >= 15 is 0 Å². The second-order valence-electron chi connectivity index (χ2n) is 4.09. The highest BCUT2D eigenvalue weighted by Gasteiger charge is 2.36. The second kappa shape index (κ2) is 3.71. The Labute approximate surface area is 85.2 Å². The van der Waals surface area contributed by atoms with Crippen LogP contribution in [0, 0.1) is 0 Å². The van der Waals surface area contributed by atoms with Crippen molar-refractivity contribution in [2.75, 3.05) is 6.54 Å². The lowest BCUT2D eigenvalue weighted by Gasteiger charge is -2.47. The third-order valence-corrected chi connectivity index (χ3v) is 3.26. The Morgan fingerprint density at radius 2 is 2.00 bits per heavy atom. The highest BCUT2D eigenvalue weighted by Crippen LogP contribution is 2.29. The van der Waals surface area contributed by atoms with Gasteiger partial charge in [-0.2, -0.15) is 0 Å². The standard InChI is InChI=1S/C12H17NO/c1-9(11-6-4-3-5-7-11)13-8-12(14)10(13)2/h3-7,9-10,12,14H,8H2,1-2H3/t9-,10+,12-/m0/s1. The van der Waals surface area contributed by atoms with E-state index in [2.05, 4.69) is 43.0 Å². The van der Waals surface area contributed by atoms with Gasteiger partial charge in [-0.05, 0) is 19.4 Å². The van der Waals surface area contributed by atoms with Gasteiger partial charge in [0.15, 0.2) is 0 Å². The summed E-state index contributed by atoms with van der Waals surface area (Å²) in [5, 5.41) is 9.44. The largest absolute Gasteiger partial charge is 0.390 e. The molecule has 1 aromatic rings. The molecule has 2 heteroatoms. The minimum absolute atomic E-state index is 0.138. The third kappa shape index (κ3) is 1.56. The van der Waals surface area contributed by atoms with Crippen LogP contribution in [0.3, 0.4) is 0 Å². The minimum atomic E-state index is -0.138. The van der Waals surface area contributed by atoms with Crippen molar-refractivity contribution in [3.63, 3.8) is 0 Å². The Bertz CT molecular complexity index is 298. The van der Waals surface area contributed by atoms with Crippen LogP contribution in [0.1, 0.15) is 25.5 Å². The molecule has 0 amide bonds. The smallest absolute Gasteiger partial charge is 0.0819 e. The number of nitrogens with zero attached hydrogens (tertiary/aromatic N) is 1. The summed E-state index contributed by atoms with van der Waals surface area (Å²) in [5.74, 6) is 0. The molecule has 0 bridgehead atoms. The molecule has 1 heterocycles. The average molecular weight is 191 g/mol. The average Bonchev–Trinajstić information content (AvgIpc) is 2.25. The number of β-amino-alcohol motifs (C(OH)–C–C–N with tert-alkyl or cyclic N) is 1. The molecular weight excluding hydrogens is 174 g/mol. The van der Waals surface area contributed by atoms with E-state index in [0.29, 0.717) is 12.1 Å². The third-order valence-electron chi connectivity index (χ3n) is 3.26. The summed E-state index contributed by atoms with van der Waals surface area (Å²) in [6, 6.07) is 11.1. The zero-order chi connectivity index (χ0) is 10.1. The summed E-state index contributed by atoms with van der Waals surface area (Å²) in [4.78, 5) is 2.32. The van der Waals surface area contributed by atoms with Gasteiger partial charge in [0.25, 0.3) is 0 Å². The van der Waals surface area contributed by atoms with Gasteiger partial charge in [-0.15, -0.1) is 0 Å². The van der Waals surface area contributed by atoms with Crippen LogP contribution >= 0.6 is 0 Å². The van der Waals surface area contributed by atoms with Crippen molar-refractivity contribution in [1.29, 1.82) is 0 Å². The molecule has 0 saturated carbocycles. The maximum atomic E-state index is 9.44. The monoisotopic (exact) mass is 191 g/mol. The second-order valence-corrected chi connectivity index (χ2v) is 4.09. The van der Waals surface area contributed by atoms with E-state index in [1.165, 1.54) is 5.56 Å². The van der Waals surface area contributed by atoms with Gasteiger partial charge >= 0.3 is 0 Å². The van der Waals surface area contributed by atoms with E-state index in [9.17, 15) is 5.11 Å².